The van der Waals surface area contributed by atoms with Gasteiger partial charge in [-0.05, 0) is 44.0 Å². The van der Waals surface area contributed by atoms with Crippen LogP contribution >= 0.6 is 0 Å². The van der Waals surface area contributed by atoms with Crippen LogP contribution in [0, 0.1) is 12.8 Å². The summed E-state index contributed by atoms with van der Waals surface area (Å²) in [5.74, 6) is 1.84. The molecule has 2 aromatic rings. The molecule has 0 radical (unpaired) electrons. The molecule has 0 bridgehead atoms. The Morgan fingerprint density at radius 3 is 2.95 bits per heavy atom. The van der Waals surface area contributed by atoms with Gasteiger partial charge in [0.05, 0.1) is 11.0 Å². The molecule has 0 spiro atoms. The monoisotopic (exact) mass is 258 g/mol. The van der Waals surface area contributed by atoms with Gasteiger partial charge in [-0.2, -0.15) is 0 Å². The van der Waals surface area contributed by atoms with Crippen molar-refractivity contribution in [3.8, 4) is 0 Å². The van der Waals surface area contributed by atoms with Gasteiger partial charge in [-0.25, -0.2) is 4.98 Å². The van der Waals surface area contributed by atoms with Crippen molar-refractivity contribution < 1.29 is 0 Å². The van der Waals surface area contributed by atoms with Crippen LogP contribution in [0.4, 0.5) is 0 Å². The summed E-state index contributed by atoms with van der Waals surface area (Å²) in [5.41, 5.74) is 3.60. The van der Waals surface area contributed by atoms with Gasteiger partial charge >= 0.3 is 0 Å². The minimum atomic E-state index is 0.850. The summed E-state index contributed by atoms with van der Waals surface area (Å²) in [6.45, 7) is 6.70. The van der Waals surface area contributed by atoms with Gasteiger partial charge in [0, 0.05) is 26.2 Å². The smallest absolute Gasteiger partial charge is 0.104 e. The van der Waals surface area contributed by atoms with E-state index in [1.54, 1.807) is 0 Å². The van der Waals surface area contributed by atoms with Gasteiger partial charge in [0.1, 0.15) is 5.82 Å². The lowest BCUT2D eigenvalue weighted by Crippen LogP contribution is -2.47. The van der Waals surface area contributed by atoms with E-state index >= 15 is 0 Å². The molecular weight excluding hydrogens is 236 g/mol. The molecule has 0 amide bonds. The number of nitrogens with zero attached hydrogens (tertiary/aromatic N) is 2. The first-order chi connectivity index (χ1) is 9.20. The average molecular weight is 258 g/mol. The Morgan fingerprint density at radius 2 is 2.21 bits per heavy atom. The second-order valence-corrected chi connectivity index (χ2v) is 5.71. The van der Waals surface area contributed by atoms with Crippen LogP contribution in [0.1, 0.15) is 11.4 Å². The molecule has 1 aliphatic heterocycles. The Bertz CT molecular complexity index is 556. The Morgan fingerprint density at radius 1 is 1.37 bits per heavy atom. The summed E-state index contributed by atoms with van der Waals surface area (Å²) < 4.78 is 0. The van der Waals surface area contributed by atoms with Gasteiger partial charge in [-0.3, -0.25) is 0 Å². The first kappa shape index (κ1) is 12.6. The van der Waals surface area contributed by atoms with Crippen molar-refractivity contribution in [2.45, 2.75) is 13.3 Å². The number of aromatic nitrogens is 2. The average Bonchev–Trinajstić information content (AvgIpc) is 2.70. The van der Waals surface area contributed by atoms with Crippen molar-refractivity contribution in [3.63, 3.8) is 0 Å². The lowest BCUT2D eigenvalue weighted by Gasteiger charge is -2.31. The standard InChI is InChI=1S/C15H22N4/c1-11-17-14-4-3-12(7-15(14)18-11)5-6-19(2)10-13-8-16-9-13/h3-4,7,13,16H,5-6,8-10H2,1-2H3,(H,17,18). The number of hydrogen-bond acceptors (Lipinski definition) is 3. The molecule has 102 valence electrons. The van der Waals surface area contributed by atoms with E-state index in [1.807, 2.05) is 6.92 Å². The second kappa shape index (κ2) is 5.31. The van der Waals surface area contributed by atoms with Gasteiger partial charge in [-0.15, -0.1) is 0 Å². The Balaban J connectivity index is 1.57. The molecule has 4 nitrogen and oxygen atoms in total. The minimum Gasteiger partial charge on any atom is -0.342 e. The largest absolute Gasteiger partial charge is 0.342 e. The van der Waals surface area contributed by atoms with Crippen molar-refractivity contribution in [2.24, 2.45) is 5.92 Å². The van der Waals surface area contributed by atoms with Crippen LogP contribution in [0.3, 0.4) is 0 Å². The van der Waals surface area contributed by atoms with Crippen LogP contribution in [0.15, 0.2) is 18.2 Å². The quantitative estimate of drug-likeness (QED) is 0.855. The fourth-order valence-corrected chi connectivity index (χ4v) is 2.67. The van der Waals surface area contributed by atoms with E-state index in [0.29, 0.717) is 0 Å². The summed E-state index contributed by atoms with van der Waals surface area (Å²) in [4.78, 5) is 10.2. The Labute approximate surface area is 114 Å². The highest BCUT2D eigenvalue weighted by molar-refractivity contribution is 5.75. The third kappa shape index (κ3) is 2.96. The molecule has 1 fully saturated rings. The fraction of sp³-hybridized carbons (Fsp3) is 0.533. The summed E-state index contributed by atoms with van der Waals surface area (Å²) in [7, 11) is 2.22. The van der Waals surface area contributed by atoms with Crippen molar-refractivity contribution >= 4 is 11.0 Å². The molecular formula is C15H22N4. The molecule has 2 heterocycles. The SMILES string of the molecule is Cc1nc2ccc(CCN(C)CC3CNC3)cc2[nH]1. The zero-order chi connectivity index (χ0) is 13.2. The predicted molar refractivity (Wildman–Crippen MR) is 78.4 cm³/mol. The van der Waals surface area contributed by atoms with E-state index in [4.69, 9.17) is 0 Å². The highest BCUT2D eigenvalue weighted by Gasteiger charge is 2.18. The highest BCUT2D eigenvalue weighted by Crippen LogP contribution is 2.14. The zero-order valence-electron chi connectivity index (χ0n) is 11.7. The molecule has 0 unspecified atom stereocenters. The molecule has 3 rings (SSSR count). The van der Waals surface area contributed by atoms with Crippen LogP contribution in [-0.2, 0) is 6.42 Å². The number of hydrogen-bond donors (Lipinski definition) is 2. The number of fused-ring (bicyclic) bond motifs is 1. The molecule has 1 saturated heterocycles. The van der Waals surface area contributed by atoms with Crippen molar-refractivity contribution in [1.29, 1.82) is 0 Å². The molecule has 1 aliphatic rings. The number of rotatable bonds is 5. The summed E-state index contributed by atoms with van der Waals surface area (Å²) in [6.07, 6.45) is 1.10. The van der Waals surface area contributed by atoms with Gasteiger partial charge in [0.25, 0.3) is 0 Å². The van der Waals surface area contributed by atoms with Crippen LogP contribution in [0.5, 0.6) is 0 Å². The maximum absolute atomic E-state index is 4.43. The van der Waals surface area contributed by atoms with E-state index in [0.717, 1.165) is 35.7 Å². The molecule has 0 atom stereocenters. The van der Waals surface area contributed by atoms with Crippen LogP contribution < -0.4 is 5.32 Å². The predicted octanol–water partition coefficient (Wildman–Crippen LogP) is 1.57. The van der Waals surface area contributed by atoms with E-state index in [1.165, 1.54) is 25.2 Å². The minimum absolute atomic E-state index is 0.850. The third-order valence-corrected chi connectivity index (χ3v) is 3.88. The normalized spacial score (nSPS) is 16.2. The fourth-order valence-electron chi connectivity index (χ4n) is 2.67. The summed E-state index contributed by atoms with van der Waals surface area (Å²) in [5, 5.41) is 3.33. The third-order valence-electron chi connectivity index (χ3n) is 3.88. The number of nitrogens with one attached hydrogen (secondary N) is 2. The lowest BCUT2D eigenvalue weighted by molar-refractivity contribution is 0.226. The number of aromatic amines is 1. The van der Waals surface area contributed by atoms with Gasteiger partial charge in [0.2, 0.25) is 0 Å². The molecule has 1 aromatic heterocycles. The van der Waals surface area contributed by atoms with Crippen molar-refractivity contribution in [2.75, 3.05) is 33.2 Å². The van der Waals surface area contributed by atoms with Gasteiger partial charge in [0.15, 0.2) is 0 Å². The Hall–Kier alpha value is -1.39. The molecule has 0 saturated carbocycles. The van der Waals surface area contributed by atoms with Gasteiger partial charge < -0.3 is 15.2 Å². The lowest BCUT2D eigenvalue weighted by atomic mass is 10.0. The van der Waals surface area contributed by atoms with Crippen molar-refractivity contribution in [1.82, 2.24) is 20.2 Å². The van der Waals surface area contributed by atoms with Crippen molar-refractivity contribution in [3.05, 3.63) is 29.6 Å². The van der Waals surface area contributed by atoms with Crippen LogP contribution in [-0.4, -0.2) is 48.1 Å². The van der Waals surface area contributed by atoms with E-state index < -0.39 is 0 Å². The number of H-pyrrole nitrogens is 1. The topological polar surface area (TPSA) is 44.0 Å². The molecule has 2 N–H and O–H groups in total. The Kier molecular flexibility index (Phi) is 3.53. The molecule has 4 heteroatoms. The van der Waals surface area contributed by atoms with Crippen LogP contribution in [0.2, 0.25) is 0 Å². The second-order valence-electron chi connectivity index (χ2n) is 5.71. The van der Waals surface area contributed by atoms with Crippen LogP contribution in [0.25, 0.3) is 11.0 Å². The van der Waals surface area contributed by atoms with E-state index in [9.17, 15) is 0 Å². The zero-order valence-corrected chi connectivity index (χ0v) is 11.7. The molecule has 0 aliphatic carbocycles. The van der Waals surface area contributed by atoms with Gasteiger partial charge in [-0.1, -0.05) is 6.07 Å². The highest BCUT2D eigenvalue weighted by atomic mass is 15.1. The maximum atomic E-state index is 4.43. The number of likely N-dealkylation sites (N-methyl/N-ethyl adjacent to an activating group) is 1. The molecule has 1 aromatic carbocycles. The number of imidazole rings is 1. The maximum Gasteiger partial charge on any atom is 0.104 e. The first-order valence-corrected chi connectivity index (χ1v) is 7.05. The summed E-state index contributed by atoms with van der Waals surface area (Å²) >= 11 is 0. The van der Waals surface area contributed by atoms with E-state index in [2.05, 4.69) is 45.4 Å². The number of benzene rings is 1. The number of aryl methyl sites for hydroxylation is 1. The first-order valence-electron chi connectivity index (χ1n) is 7.05. The van der Waals surface area contributed by atoms with E-state index in [-0.39, 0.29) is 0 Å². The molecule has 19 heavy (non-hydrogen) atoms. The summed E-state index contributed by atoms with van der Waals surface area (Å²) in [6, 6.07) is 6.54.